The number of carbonyl (C=O) groups excluding carboxylic acids is 2. The van der Waals surface area contributed by atoms with Gasteiger partial charge in [0.05, 0.1) is 32.0 Å². The minimum atomic E-state index is -0.896. The summed E-state index contributed by atoms with van der Waals surface area (Å²) in [4.78, 5) is 28.1. The van der Waals surface area contributed by atoms with Crippen LogP contribution in [0.25, 0.3) is 0 Å². The molecule has 2 N–H and O–H groups in total. The predicted molar refractivity (Wildman–Crippen MR) is 146 cm³/mol. The molecule has 9 heteroatoms. The van der Waals surface area contributed by atoms with Gasteiger partial charge in [0.15, 0.2) is 0 Å². The van der Waals surface area contributed by atoms with Gasteiger partial charge in [0, 0.05) is 18.8 Å². The monoisotopic (exact) mass is 535 g/mol. The molecule has 2 amide bonds. The van der Waals surface area contributed by atoms with Gasteiger partial charge in [-0.25, -0.2) is 4.39 Å². The van der Waals surface area contributed by atoms with Gasteiger partial charge in [0.25, 0.3) is 0 Å². The summed E-state index contributed by atoms with van der Waals surface area (Å²) in [6, 6.07) is 21.2. The molecule has 1 fully saturated rings. The number of rotatable bonds is 11. The first-order valence-corrected chi connectivity index (χ1v) is 13.0. The lowest BCUT2D eigenvalue weighted by atomic mass is 10.2. The number of nitrogens with zero attached hydrogens (tertiary/aromatic N) is 1. The Morgan fingerprint density at radius 1 is 0.949 bits per heavy atom. The van der Waals surface area contributed by atoms with Crippen molar-refractivity contribution in [1.82, 2.24) is 10.2 Å². The van der Waals surface area contributed by atoms with E-state index in [4.69, 9.17) is 14.2 Å². The average Bonchev–Trinajstić information content (AvgIpc) is 2.90. The zero-order valence-electron chi connectivity index (χ0n) is 22.1. The van der Waals surface area contributed by atoms with Crippen molar-refractivity contribution >= 4 is 17.5 Å². The molecule has 1 aliphatic heterocycles. The van der Waals surface area contributed by atoms with Gasteiger partial charge in [-0.05, 0) is 67.9 Å². The standard InChI is InChI=1S/C30H34FN3O5/c1-21-16-34(17-22(2)38-21)18-29(35)33-28(20-37-19-23-6-4-3-5-7-23)30(36)32-25-10-14-27(15-11-25)39-26-12-8-24(31)9-13-26/h3-15,21-22,28H,16-20H2,1-2H3,(H,32,36)(H,33,35)/t21-,22+,28?. The second-order valence-electron chi connectivity index (χ2n) is 9.64. The van der Waals surface area contributed by atoms with Crippen molar-refractivity contribution in [2.75, 3.05) is 31.6 Å². The summed E-state index contributed by atoms with van der Waals surface area (Å²) >= 11 is 0. The van der Waals surface area contributed by atoms with Crippen molar-refractivity contribution in [2.45, 2.75) is 38.7 Å². The molecule has 206 valence electrons. The number of morpholine rings is 1. The van der Waals surface area contributed by atoms with Crippen molar-refractivity contribution < 1.29 is 28.2 Å². The van der Waals surface area contributed by atoms with Gasteiger partial charge < -0.3 is 24.8 Å². The van der Waals surface area contributed by atoms with Gasteiger partial charge >= 0.3 is 0 Å². The molecule has 4 rings (SSSR count). The second-order valence-corrected chi connectivity index (χ2v) is 9.64. The van der Waals surface area contributed by atoms with E-state index in [1.165, 1.54) is 24.3 Å². The minimum absolute atomic E-state index is 0.00808. The van der Waals surface area contributed by atoms with E-state index in [0.717, 1.165) is 5.56 Å². The number of hydrogen-bond donors (Lipinski definition) is 2. The highest BCUT2D eigenvalue weighted by Gasteiger charge is 2.26. The molecule has 0 radical (unpaired) electrons. The van der Waals surface area contributed by atoms with Crippen LogP contribution in [-0.4, -0.2) is 61.2 Å². The lowest BCUT2D eigenvalue weighted by molar-refractivity contribution is -0.131. The molecule has 39 heavy (non-hydrogen) atoms. The third-order valence-corrected chi connectivity index (χ3v) is 6.08. The highest BCUT2D eigenvalue weighted by atomic mass is 19.1. The van der Waals surface area contributed by atoms with Crippen LogP contribution in [0.1, 0.15) is 19.4 Å². The Balaban J connectivity index is 1.36. The average molecular weight is 536 g/mol. The zero-order valence-corrected chi connectivity index (χ0v) is 22.1. The molecule has 1 heterocycles. The normalized spacial score (nSPS) is 18.2. The Kier molecular flexibility index (Phi) is 10.0. The molecule has 0 spiro atoms. The Morgan fingerprint density at radius 2 is 1.56 bits per heavy atom. The van der Waals surface area contributed by atoms with Gasteiger partial charge in [-0.3, -0.25) is 14.5 Å². The molecule has 0 aliphatic carbocycles. The third kappa shape index (κ3) is 9.17. The molecule has 0 bridgehead atoms. The van der Waals surface area contributed by atoms with Crippen LogP contribution in [0.4, 0.5) is 10.1 Å². The smallest absolute Gasteiger partial charge is 0.249 e. The maximum absolute atomic E-state index is 13.2. The van der Waals surface area contributed by atoms with E-state index in [2.05, 4.69) is 10.6 Å². The van der Waals surface area contributed by atoms with Gasteiger partial charge in [0.2, 0.25) is 11.8 Å². The summed E-state index contributed by atoms with van der Waals surface area (Å²) in [5, 5.41) is 5.68. The van der Waals surface area contributed by atoms with E-state index in [9.17, 15) is 14.0 Å². The Bertz CT molecular complexity index is 1200. The summed E-state index contributed by atoms with van der Waals surface area (Å²) in [5.41, 5.74) is 1.50. The Labute approximate surface area is 228 Å². The largest absolute Gasteiger partial charge is 0.457 e. The number of anilines is 1. The molecule has 3 aromatic carbocycles. The lowest BCUT2D eigenvalue weighted by Crippen LogP contribution is -2.53. The fraction of sp³-hybridized carbons (Fsp3) is 0.333. The van der Waals surface area contributed by atoms with Crippen molar-refractivity contribution in [1.29, 1.82) is 0 Å². The lowest BCUT2D eigenvalue weighted by Gasteiger charge is -2.35. The molecule has 0 saturated carbocycles. The summed E-state index contributed by atoms with van der Waals surface area (Å²) in [7, 11) is 0. The van der Waals surface area contributed by atoms with Gasteiger partial charge in [-0.2, -0.15) is 0 Å². The number of carbonyl (C=O) groups is 2. The topological polar surface area (TPSA) is 89.1 Å². The number of hydrogen-bond acceptors (Lipinski definition) is 6. The van der Waals surface area contributed by atoms with E-state index in [1.54, 1.807) is 24.3 Å². The summed E-state index contributed by atoms with van der Waals surface area (Å²) < 4.78 is 30.4. The van der Waals surface area contributed by atoms with Gasteiger partial charge in [0.1, 0.15) is 23.4 Å². The molecule has 8 nitrogen and oxygen atoms in total. The molecule has 1 saturated heterocycles. The highest BCUT2D eigenvalue weighted by Crippen LogP contribution is 2.23. The summed E-state index contributed by atoms with van der Waals surface area (Å²) in [6.07, 6.45) is 0.0646. The van der Waals surface area contributed by atoms with Crippen molar-refractivity contribution in [3.63, 3.8) is 0 Å². The highest BCUT2D eigenvalue weighted by molar-refractivity contribution is 5.97. The van der Waals surface area contributed by atoms with Crippen molar-refractivity contribution in [3.8, 4) is 11.5 Å². The van der Waals surface area contributed by atoms with E-state index in [-0.39, 0.29) is 37.1 Å². The number of amides is 2. The predicted octanol–water partition coefficient (Wildman–Crippen LogP) is 4.37. The molecule has 3 atom stereocenters. The van der Waals surface area contributed by atoms with Crippen LogP contribution >= 0.6 is 0 Å². The molecule has 1 unspecified atom stereocenters. The van der Waals surface area contributed by atoms with Crippen LogP contribution in [0.15, 0.2) is 78.9 Å². The number of halogens is 1. The van der Waals surface area contributed by atoms with E-state index < -0.39 is 11.9 Å². The van der Waals surface area contributed by atoms with Crippen LogP contribution in [0.2, 0.25) is 0 Å². The van der Waals surface area contributed by atoms with Gasteiger partial charge in [-0.1, -0.05) is 30.3 Å². The number of ether oxygens (including phenoxy) is 3. The van der Waals surface area contributed by atoms with Crippen LogP contribution < -0.4 is 15.4 Å². The van der Waals surface area contributed by atoms with Crippen LogP contribution in [0.5, 0.6) is 11.5 Å². The molecular formula is C30H34FN3O5. The fourth-order valence-corrected chi connectivity index (χ4v) is 4.38. The Hall–Kier alpha value is -3.79. The van der Waals surface area contributed by atoms with Crippen LogP contribution in [-0.2, 0) is 25.7 Å². The number of benzene rings is 3. The van der Waals surface area contributed by atoms with Crippen molar-refractivity contribution in [2.24, 2.45) is 0 Å². The molecule has 3 aromatic rings. The molecule has 1 aliphatic rings. The first-order chi connectivity index (χ1) is 18.8. The van der Waals surface area contributed by atoms with Crippen molar-refractivity contribution in [3.05, 3.63) is 90.2 Å². The Morgan fingerprint density at radius 3 is 2.21 bits per heavy atom. The maximum atomic E-state index is 13.2. The minimum Gasteiger partial charge on any atom is -0.457 e. The maximum Gasteiger partial charge on any atom is 0.249 e. The molecular weight excluding hydrogens is 501 g/mol. The summed E-state index contributed by atoms with van der Waals surface area (Å²) in [5.74, 6) is 0.0270. The molecule has 0 aromatic heterocycles. The van der Waals surface area contributed by atoms with Crippen LogP contribution in [0.3, 0.4) is 0 Å². The third-order valence-electron chi connectivity index (χ3n) is 6.08. The fourth-order valence-electron chi connectivity index (χ4n) is 4.38. The zero-order chi connectivity index (χ0) is 27.6. The summed E-state index contributed by atoms with van der Waals surface area (Å²) in [6.45, 7) is 5.73. The van der Waals surface area contributed by atoms with E-state index in [1.807, 2.05) is 49.1 Å². The SMILES string of the molecule is C[C@@H]1CN(CC(=O)NC(COCc2ccccc2)C(=O)Nc2ccc(Oc3ccc(F)cc3)cc2)C[C@H](C)O1. The second kappa shape index (κ2) is 13.8. The first-order valence-electron chi connectivity index (χ1n) is 13.0. The number of nitrogens with one attached hydrogen (secondary N) is 2. The quantitative estimate of drug-likeness (QED) is 0.379. The van der Waals surface area contributed by atoms with E-state index in [0.29, 0.717) is 36.9 Å². The first kappa shape index (κ1) is 28.2. The van der Waals surface area contributed by atoms with E-state index >= 15 is 0 Å². The van der Waals surface area contributed by atoms with Gasteiger partial charge in [-0.15, -0.1) is 0 Å². The van der Waals surface area contributed by atoms with Crippen LogP contribution in [0, 0.1) is 5.82 Å².